The number of nitrogens with one attached hydrogen (secondary N) is 1. The number of methoxy groups -OCH3 is 1. The number of halogens is 3. The predicted molar refractivity (Wildman–Crippen MR) is 93.0 cm³/mol. The molecular weight excluding hydrogens is 345 g/mol. The van der Waals surface area contributed by atoms with E-state index >= 15 is 0 Å². The van der Waals surface area contributed by atoms with Crippen molar-refractivity contribution in [3.63, 3.8) is 0 Å². The lowest BCUT2D eigenvalue weighted by Gasteiger charge is -2.17. The van der Waals surface area contributed by atoms with Gasteiger partial charge in [0.1, 0.15) is 17.6 Å². The van der Waals surface area contributed by atoms with Gasteiger partial charge in [-0.05, 0) is 43.3 Å². The Morgan fingerprint density at radius 1 is 1.00 bits per heavy atom. The van der Waals surface area contributed by atoms with Crippen molar-refractivity contribution in [1.82, 2.24) is 0 Å². The second kappa shape index (κ2) is 7.82. The van der Waals surface area contributed by atoms with Crippen LogP contribution in [0.4, 0.5) is 5.69 Å². The van der Waals surface area contributed by atoms with Gasteiger partial charge in [0.15, 0.2) is 0 Å². The maximum atomic E-state index is 6.08. The molecule has 0 aliphatic heterocycles. The summed E-state index contributed by atoms with van der Waals surface area (Å²) in [5.41, 5.74) is 0.892. The highest BCUT2D eigenvalue weighted by Gasteiger charge is 2.09. The van der Waals surface area contributed by atoms with Crippen LogP contribution in [-0.2, 0) is 0 Å². The summed E-state index contributed by atoms with van der Waals surface area (Å²) >= 11 is 18.0. The molecule has 2 aromatic rings. The summed E-state index contributed by atoms with van der Waals surface area (Å²) in [4.78, 5) is 0. The molecule has 22 heavy (non-hydrogen) atoms. The SMILES string of the molecule is COc1ccc(NCC(C)Oc2ccc(Cl)cc2Cl)cc1Cl. The van der Waals surface area contributed by atoms with Crippen molar-refractivity contribution in [3.8, 4) is 11.5 Å². The molecule has 0 aliphatic carbocycles. The molecule has 0 saturated carbocycles. The molecule has 0 radical (unpaired) electrons. The van der Waals surface area contributed by atoms with Gasteiger partial charge in [0.25, 0.3) is 0 Å². The van der Waals surface area contributed by atoms with E-state index in [4.69, 9.17) is 44.3 Å². The van der Waals surface area contributed by atoms with Gasteiger partial charge in [0.2, 0.25) is 0 Å². The Morgan fingerprint density at radius 3 is 2.32 bits per heavy atom. The van der Waals surface area contributed by atoms with E-state index in [1.165, 1.54) is 0 Å². The molecule has 6 heteroatoms. The summed E-state index contributed by atoms with van der Waals surface area (Å²) in [6.45, 7) is 2.55. The van der Waals surface area contributed by atoms with Crippen LogP contribution < -0.4 is 14.8 Å². The highest BCUT2D eigenvalue weighted by molar-refractivity contribution is 6.35. The number of anilines is 1. The fraction of sp³-hybridized carbons (Fsp3) is 0.250. The van der Waals surface area contributed by atoms with Crippen molar-refractivity contribution >= 4 is 40.5 Å². The van der Waals surface area contributed by atoms with Gasteiger partial charge in [0, 0.05) is 10.7 Å². The molecule has 0 heterocycles. The number of hydrogen-bond acceptors (Lipinski definition) is 3. The minimum absolute atomic E-state index is 0.0837. The Kier molecular flexibility index (Phi) is 6.07. The summed E-state index contributed by atoms with van der Waals surface area (Å²) in [5.74, 6) is 1.25. The first-order valence-corrected chi connectivity index (χ1v) is 7.82. The van der Waals surface area contributed by atoms with Gasteiger partial charge < -0.3 is 14.8 Å². The highest BCUT2D eigenvalue weighted by Crippen LogP contribution is 2.29. The molecule has 1 unspecified atom stereocenters. The first-order chi connectivity index (χ1) is 10.5. The summed E-state index contributed by atoms with van der Waals surface area (Å²) in [5, 5.41) is 4.88. The summed E-state index contributed by atoms with van der Waals surface area (Å²) in [6, 6.07) is 10.7. The molecule has 1 N–H and O–H groups in total. The largest absolute Gasteiger partial charge is 0.495 e. The maximum absolute atomic E-state index is 6.08. The third kappa shape index (κ3) is 4.60. The fourth-order valence-electron chi connectivity index (χ4n) is 1.87. The van der Waals surface area contributed by atoms with Crippen molar-refractivity contribution in [2.75, 3.05) is 19.0 Å². The van der Waals surface area contributed by atoms with Crippen LogP contribution in [0.25, 0.3) is 0 Å². The lowest BCUT2D eigenvalue weighted by molar-refractivity contribution is 0.235. The minimum atomic E-state index is -0.0837. The second-order valence-corrected chi connectivity index (χ2v) is 5.98. The van der Waals surface area contributed by atoms with Crippen molar-refractivity contribution in [3.05, 3.63) is 51.5 Å². The van der Waals surface area contributed by atoms with Gasteiger partial charge in [-0.3, -0.25) is 0 Å². The zero-order valence-electron chi connectivity index (χ0n) is 12.2. The Balaban J connectivity index is 1.92. The molecule has 2 aromatic carbocycles. The monoisotopic (exact) mass is 359 g/mol. The van der Waals surface area contributed by atoms with Gasteiger partial charge >= 0.3 is 0 Å². The average Bonchev–Trinajstić information content (AvgIpc) is 2.48. The summed E-state index contributed by atoms with van der Waals surface area (Å²) in [7, 11) is 1.58. The lowest BCUT2D eigenvalue weighted by atomic mass is 10.3. The molecule has 0 aromatic heterocycles. The molecule has 0 aliphatic rings. The molecule has 0 saturated heterocycles. The first-order valence-electron chi connectivity index (χ1n) is 6.68. The third-order valence-corrected chi connectivity index (χ3v) is 3.79. The third-order valence-electron chi connectivity index (χ3n) is 2.97. The normalized spacial score (nSPS) is 11.9. The zero-order chi connectivity index (χ0) is 16.1. The topological polar surface area (TPSA) is 30.5 Å². The van der Waals surface area contributed by atoms with Gasteiger partial charge in [-0.25, -0.2) is 0 Å². The Hall–Kier alpha value is -1.29. The van der Waals surface area contributed by atoms with Crippen molar-refractivity contribution in [2.45, 2.75) is 13.0 Å². The molecule has 118 valence electrons. The van der Waals surface area contributed by atoms with Crippen LogP contribution in [-0.4, -0.2) is 19.8 Å². The van der Waals surface area contributed by atoms with Crippen LogP contribution in [0, 0.1) is 0 Å². The molecule has 0 bridgehead atoms. The molecule has 2 rings (SSSR count). The van der Waals surface area contributed by atoms with E-state index in [1.54, 1.807) is 25.3 Å². The van der Waals surface area contributed by atoms with E-state index in [9.17, 15) is 0 Å². The molecule has 0 spiro atoms. The smallest absolute Gasteiger partial charge is 0.138 e. The number of hydrogen-bond donors (Lipinski definition) is 1. The molecular formula is C16H16Cl3NO2. The van der Waals surface area contributed by atoms with Crippen LogP contribution in [0.5, 0.6) is 11.5 Å². The fourth-order valence-corrected chi connectivity index (χ4v) is 2.58. The average molecular weight is 361 g/mol. The van der Waals surface area contributed by atoms with Crippen molar-refractivity contribution < 1.29 is 9.47 Å². The van der Waals surface area contributed by atoms with Crippen LogP contribution in [0.15, 0.2) is 36.4 Å². The number of ether oxygens (including phenoxy) is 2. The Bertz CT molecular complexity index is 649. The van der Waals surface area contributed by atoms with E-state index in [-0.39, 0.29) is 6.10 Å². The van der Waals surface area contributed by atoms with Gasteiger partial charge in [-0.2, -0.15) is 0 Å². The maximum Gasteiger partial charge on any atom is 0.138 e. The van der Waals surface area contributed by atoms with Crippen LogP contribution >= 0.6 is 34.8 Å². The number of benzene rings is 2. The van der Waals surface area contributed by atoms with Crippen molar-refractivity contribution in [1.29, 1.82) is 0 Å². The molecule has 1 atom stereocenters. The molecule has 0 fully saturated rings. The quantitative estimate of drug-likeness (QED) is 0.734. The van der Waals surface area contributed by atoms with E-state index in [0.717, 1.165) is 5.69 Å². The van der Waals surface area contributed by atoms with E-state index in [0.29, 0.717) is 33.1 Å². The summed E-state index contributed by atoms with van der Waals surface area (Å²) < 4.78 is 10.9. The van der Waals surface area contributed by atoms with E-state index in [1.807, 2.05) is 25.1 Å². The van der Waals surface area contributed by atoms with Crippen LogP contribution in [0.3, 0.4) is 0 Å². The molecule has 0 amide bonds. The standard InChI is InChI=1S/C16H16Cl3NO2/c1-10(22-16-5-3-11(17)7-13(16)18)9-20-12-4-6-15(21-2)14(19)8-12/h3-8,10,20H,9H2,1-2H3. The van der Waals surface area contributed by atoms with E-state index in [2.05, 4.69) is 5.32 Å². The van der Waals surface area contributed by atoms with Gasteiger partial charge in [0.05, 0.1) is 23.7 Å². The second-order valence-electron chi connectivity index (χ2n) is 4.73. The summed E-state index contributed by atoms with van der Waals surface area (Å²) in [6.07, 6.45) is -0.0837. The number of rotatable bonds is 6. The van der Waals surface area contributed by atoms with Gasteiger partial charge in [-0.15, -0.1) is 0 Å². The van der Waals surface area contributed by atoms with Crippen molar-refractivity contribution in [2.24, 2.45) is 0 Å². The Labute approximate surface area is 145 Å². The van der Waals surface area contributed by atoms with E-state index < -0.39 is 0 Å². The zero-order valence-corrected chi connectivity index (χ0v) is 14.5. The van der Waals surface area contributed by atoms with Gasteiger partial charge in [-0.1, -0.05) is 34.8 Å². The first kappa shape index (κ1) is 17.1. The highest BCUT2D eigenvalue weighted by atomic mass is 35.5. The van der Waals surface area contributed by atoms with Crippen LogP contribution in [0.1, 0.15) is 6.92 Å². The van der Waals surface area contributed by atoms with Crippen LogP contribution in [0.2, 0.25) is 15.1 Å². The predicted octanol–water partition coefficient (Wildman–Crippen LogP) is 5.53. The minimum Gasteiger partial charge on any atom is -0.495 e. The lowest BCUT2D eigenvalue weighted by Crippen LogP contribution is -2.22. The molecule has 3 nitrogen and oxygen atoms in total. The Morgan fingerprint density at radius 2 is 1.68 bits per heavy atom.